The van der Waals surface area contributed by atoms with Crippen LogP contribution in [0.25, 0.3) is 11.0 Å². The lowest BCUT2D eigenvalue weighted by atomic mass is 10.1. The molecular weight excluding hydrogens is 469 g/mol. The van der Waals surface area contributed by atoms with Crippen LogP contribution in [-0.2, 0) is 25.4 Å². The minimum atomic E-state index is -1.02. The Morgan fingerprint density at radius 1 is 1.08 bits per heavy atom. The normalized spacial score (nSPS) is 10.6. The highest BCUT2D eigenvalue weighted by Gasteiger charge is 2.24. The van der Waals surface area contributed by atoms with Crippen molar-refractivity contribution in [3.8, 4) is 0 Å². The number of nitrogens with one attached hydrogen (secondary N) is 1. The highest BCUT2D eigenvalue weighted by Crippen LogP contribution is 2.22. The van der Waals surface area contributed by atoms with Gasteiger partial charge in [0.05, 0.1) is 5.56 Å². The molecule has 0 fully saturated rings. The maximum atomic E-state index is 13.2. The van der Waals surface area contributed by atoms with E-state index in [1.807, 2.05) is 0 Å². The number of nitrogens with zero attached hydrogens (tertiary/aromatic N) is 4. The van der Waals surface area contributed by atoms with E-state index >= 15 is 0 Å². The zero-order chi connectivity index (χ0) is 26.6. The van der Waals surface area contributed by atoms with E-state index in [0.717, 1.165) is 10.1 Å². The van der Waals surface area contributed by atoms with E-state index in [4.69, 9.17) is 5.11 Å². The van der Waals surface area contributed by atoms with Gasteiger partial charge in [-0.05, 0) is 43.7 Å². The second kappa shape index (κ2) is 10.9. The molecule has 0 bridgehead atoms. The predicted molar refractivity (Wildman–Crippen MR) is 133 cm³/mol. The lowest BCUT2D eigenvalue weighted by Gasteiger charge is -2.12. The monoisotopic (exact) mass is 495 g/mol. The molecule has 2 N–H and O–H groups in total. The smallest absolute Gasteiger partial charge is 0.330 e. The minimum Gasteiger partial charge on any atom is -0.397 e. The standard InChI is InChI=1S/C23H20FN5O4.C2H6O/c1-13-18(22(32)28(3)23(33)27(13)2)26-21(31)19(30)17-12-29(20-16(17)5-4-10-25-20)11-14-6-8-15(24)9-7-14;1-2-3/h4-10,12H,11H2,1-3H3,(H,26,31);3H,2H2,1H3. The Morgan fingerprint density at radius 2 is 1.72 bits per heavy atom. The van der Waals surface area contributed by atoms with Gasteiger partial charge in [0, 0.05) is 50.7 Å². The minimum absolute atomic E-state index is 0.108. The van der Waals surface area contributed by atoms with Gasteiger partial charge in [-0.15, -0.1) is 0 Å². The molecule has 4 rings (SSSR count). The molecular formula is C25H26FN5O5. The summed E-state index contributed by atoms with van der Waals surface area (Å²) in [5, 5.41) is 10.4. The van der Waals surface area contributed by atoms with Gasteiger partial charge in [-0.2, -0.15) is 0 Å². The number of aliphatic hydroxyl groups is 1. The second-order valence-corrected chi connectivity index (χ2v) is 7.94. The van der Waals surface area contributed by atoms with E-state index in [0.29, 0.717) is 17.6 Å². The number of carbonyl (C=O) groups is 2. The van der Waals surface area contributed by atoms with Crippen molar-refractivity contribution < 1.29 is 19.1 Å². The van der Waals surface area contributed by atoms with E-state index in [1.54, 1.807) is 42.0 Å². The lowest BCUT2D eigenvalue weighted by molar-refractivity contribution is -0.112. The summed E-state index contributed by atoms with van der Waals surface area (Å²) in [5.74, 6) is -2.23. The van der Waals surface area contributed by atoms with Crippen molar-refractivity contribution in [3.05, 3.63) is 92.3 Å². The first-order valence-electron chi connectivity index (χ1n) is 11.0. The van der Waals surface area contributed by atoms with Crippen LogP contribution >= 0.6 is 0 Å². The number of Topliss-reactive ketones (excluding diaryl/α,β-unsaturated/α-hetero) is 1. The number of pyridine rings is 1. The van der Waals surface area contributed by atoms with Crippen molar-refractivity contribution >= 4 is 28.4 Å². The molecule has 188 valence electrons. The van der Waals surface area contributed by atoms with E-state index in [1.165, 1.54) is 43.9 Å². The first-order chi connectivity index (χ1) is 17.1. The van der Waals surface area contributed by atoms with Crippen LogP contribution in [0.5, 0.6) is 0 Å². The molecule has 0 aliphatic rings. The van der Waals surface area contributed by atoms with E-state index in [2.05, 4.69) is 10.3 Å². The third kappa shape index (κ3) is 5.15. The van der Waals surface area contributed by atoms with Gasteiger partial charge in [0.1, 0.15) is 17.2 Å². The van der Waals surface area contributed by atoms with Gasteiger partial charge >= 0.3 is 5.69 Å². The van der Waals surface area contributed by atoms with Gasteiger partial charge in [-0.1, -0.05) is 12.1 Å². The number of hydrogen-bond donors (Lipinski definition) is 2. The molecule has 0 radical (unpaired) electrons. The Labute approximate surface area is 205 Å². The molecule has 11 heteroatoms. The van der Waals surface area contributed by atoms with Crippen molar-refractivity contribution in [1.82, 2.24) is 18.7 Å². The van der Waals surface area contributed by atoms with Crippen LogP contribution < -0.4 is 16.6 Å². The van der Waals surface area contributed by atoms with Crippen molar-refractivity contribution in [3.63, 3.8) is 0 Å². The molecule has 36 heavy (non-hydrogen) atoms. The second-order valence-electron chi connectivity index (χ2n) is 7.94. The number of ketones is 1. The maximum absolute atomic E-state index is 13.2. The van der Waals surface area contributed by atoms with Crippen molar-refractivity contribution in [1.29, 1.82) is 0 Å². The van der Waals surface area contributed by atoms with E-state index in [-0.39, 0.29) is 29.4 Å². The fourth-order valence-corrected chi connectivity index (χ4v) is 3.59. The fraction of sp³-hybridized carbons (Fsp3) is 0.240. The number of aliphatic hydroxyl groups excluding tert-OH is 1. The van der Waals surface area contributed by atoms with Crippen LogP contribution in [-0.4, -0.2) is 42.1 Å². The first kappa shape index (κ1) is 26.2. The Morgan fingerprint density at radius 3 is 2.36 bits per heavy atom. The number of amides is 1. The van der Waals surface area contributed by atoms with Gasteiger partial charge in [-0.3, -0.25) is 23.5 Å². The number of fused-ring (bicyclic) bond motifs is 1. The molecule has 0 spiro atoms. The number of rotatable bonds is 5. The largest absolute Gasteiger partial charge is 0.397 e. The Kier molecular flexibility index (Phi) is 7.95. The number of halogens is 1. The van der Waals surface area contributed by atoms with E-state index in [9.17, 15) is 23.6 Å². The Balaban J connectivity index is 0.00000115. The molecule has 0 unspecified atom stereocenters. The molecule has 3 heterocycles. The van der Waals surface area contributed by atoms with Gasteiger partial charge in [0.2, 0.25) is 0 Å². The van der Waals surface area contributed by atoms with Gasteiger partial charge in [0.15, 0.2) is 0 Å². The summed E-state index contributed by atoms with van der Waals surface area (Å²) in [7, 11) is 2.75. The molecule has 0 aliphatic carbocycles. The van der Waals surface area contributed by atoms with Gasteiger partial charge < -0.3 is 15.0 Å². The Hall–Kier alpha value is -4.38. The first-order valence-corrected chi connectivity index (χ1v) is 11.0. The molecule has 0 aliphatic heterocycles. The number of benzene rings is 1. The predicted octanol–water partition coefficient (Wildman–Crippen LogP) is 1.75. The number of aromatic nitrogens is 4. The molecule has 3 aromatic heterocycles. The summed E-state index contributed by atoms with van der Waals surface area (Å²) in [5.41, 5.74) is 0.195. The zero-order valence-electron chi connectivity index (χ0n) is 20.3. The highest BCUT2D eigenvalue weighted by molar-refractivity contribution is 6.48. The zero-order valence-corrected chi connectivity index (χ0v) is 20.3. The lowest BCUT2D eigenvalue weighted by Crippen LogP contribution is -2.41. The highest BCUT2D eigenvalue weighted by atomic mass is 19.1. The van der Waals surface area contributed by atoms with Gasteiger partial charge in [-0.25, -0.2) is 14.2 Å². The average molecular weight is 496 g/mol. The topological polar surface area (TPSA) is 128 Å². The summed E-state index contributed by atoms with van der Waals surface area (Å²) in [4.78, 5) is 54.7. The molecule has 0 saturated carbocycles. The van der Waals surface area contributed by atoms with Crippen molar-refractivity contribution in [2.75, 3.05) is 11.9 Å². The fourth-order valence-electron chi connectivity index (χ4n) is 3.59. The van der Waals surface area contributed by atoms with Crippen LogP contribution in [0.3, 0.4) is 0 Å². The van der Waals surface area contributed by atoms with Crippen molar-refractivity contribution in [2.45, 2.75) is 20.4 Å². The van der Waals surface area contributed by atoms with Crippen LogP contribution in [0.1, 0.15) is 28.5 Å². The molecule has 1 aromatic carbocycles. The summed E-state index contributed by atoms with van der Waals surface area (Å²) < 4.78 is 17.0. The molecule has 4 aromatic rings. The van der Waals surface area contributed by atoms with Crippen LogP contribution in [0.4, 0.5) is 10.1 Å². The number of carbonyl (C=O) groups excluding carboxylic acids is 2. The quantitative estimate of drug-likeness (QED) is 0.321. The summed E-state index contributed by atoms with van der Waals surface area (Å²) >= 11 is 0. The number of anilines is 1. The summed E-state index contributed by atoms with van der Waals surface area (Å²) in [6.45, 7) is 3.74. The van der Waals surface area contributed by atoms with E-state index < -0.39 is 22.9 Å². The maximum Gasteiger partial charge on any atom is 0.330 e. The summed E-state index contributed by atoms with van der Waals surface area (Å²) in [6.07, 6.45) is 3.07. The molecule has 0 saturated heterocycles. The molecule has 0 atom stereocenters. The summed E-state index contributed by atoms with van der Waals surface area (Å²) in [6, 6.07) is 9.23. The van der Waals surface area contributed by atoms with Gasteiger partial charge in [0.25, 0.3) is 17.2 Å². The Bertz CT molecular complexity index is 1550. The third-order valence-electron chi connectivity index (χ3n) is 5.55. The van der Waals surface area contributed by atoms with Crippen LogP contribution in [0.2, 0.25) is 0 Å². The van der Waals surface area contributed by atoms with Crippen molar-refractivity contribution in [2.24, 2.45) is 14.1 Å². The SMILES string of the molecule is CCO.Cc1c(NC(=O)C(=O)c2cn(Cc3ccc(F)cc3)c3ncccc23)c(=O)n(C)c(=O)n1C. The molecule has 10 nitrogen and oxygen atoms in total. The van der Waals surface area contributed by atoms with Crippen LogP contribution in [0, 0.1) is 12.7 Å². The third-order valence-corrected chi connectivity index (χ3v) is 5.55. The average Bonchev–Trinajstić information content (AvgIpc) is 3.23. The molecule has 1 amide bonds. The number of hydrogen-bond acceptors (Lipinski definition) is 6. The van der Waals surface area contributed by atoms with Crippen LogP contribution in [0.15, 0.2) is 58.4 Å².